The summed E-state index contributed by atoms with van der Waals surface area (Å²) in [5.41, 5.74) is 0.541. The van der Waals surface area contributed by atoms with Crippen LogP contribution in [0.1, 0.15) is 23.2 Å². The van der Waals surface area contributed by atoms with Gasteiger partial charge in [0.25, 0.3) is 0 Å². The summed E-state index contributed by atoms with van der Waals surface area (Å²) in [6.07, 6.45) is 2.32. The third-order valence-electron chi connectivity index (χ3n) is 3.11. The number of nitrogens with zero attached hydrogens (tertiary/aromatic N) is 1. The molecular weight excluding hydrogens is 246 g/mol. The van der Waals surface area contributed by atoms with E-state index in [1.165, 1.54) is 7.11 Å². The SMILES string of the molecule is COc1cc(C=O)ccc1OCCN1CCCC1=O. The number of carbonyl (C=O) groups is 2. The number of ether oxygens (including phenoxy) is 2. The van der Waals surface area contributed by atoms with Crippen molar-refractivity contribution in [3.05, 3.63) is 23.8 Å². The molecular formula is C14H17NO4. The summed E-state index contributed by atoms with van der Waals surface area (Å²) in [6.45, 7) is 1.81. The second-order valence-electron chi connectivity index (χ2n) is 4.36. The Morgan fingerprint density at radius 1 is 1.37 bits per heavy atom. The first-order valence-electron chi connectivity index (χ1n) is 6.28. The van der Waals surface area contributed by atoms with E-state index in [0.29, 0.717) is 36.6 Å². The lowest BCUT2D eigenvalue weighted by atomic mass is 10.2. The van der Waals surface area contributed by atoms with Crippen molar-refractivity contribution in [2.75, 3.05) is 26.8 Å². The molecule has 1 amide bonds. The third kappa shape index (κ3) is 3.24. The first-order chi connectivity index (χ1) is 9.24. The van der Waals surface area contributed by atoms with Gasteiger partial charge in [0.2, 0.25) is 5.91 Å². The van der Waals surface area contributed by atoms with Crippen LogP contribution >= 0.6 is 0 Å². The molecule has 1 aromatic carbocycles. The molecule has 1 aliphatic rings. The largest absolute Gasteiger partial charge is 0.493 e. The molecule has 0 spiro atoms. The van der Waals surface area contributed by atoms with Gasteiger partial charge < -0.3 is 14.4 Å². The number of hydrogen-bond acceptors (Lipinski definition) is 4. The lowest BCUT2D eigenvalue weighted by molar-refractivity contribution is -0.128. The molecule has 1 heterocycles. The van der Waals surface area contributed by atoms with Crippen LogP contribution in [-0.2, 0) is 4.79 Å². The molecule has 5 heteroatoms. The molecule has 102 valence electrons. The number of amides is 1. The van der Waals surface area contributed by atoms with E-state index in [9.17, 15) is 9.59 Å². The van der Waals surface area contributed by atoms with Gasteiger partial charge in [0.1, 0.15) is 12.9 Å². The summed E-state index contributed by atoms with van der Waals surface area (Å²) in [5, 5.41) is 0. The number of methoxy groups -OCH3 is 1. The minimum Gasteiger partial charge on any atom is -0.493 e. The highest BCUT2D eigenvalue weighted by Crippen LogP contribution is 2.27. The van der Waals surface area contributed by atoms with E-state index < -0.39 is 0 Å². The molecule has 1 fully saturated rings. The lowest BCUT2D eigenvalue weighted by Gasteiger charge is -2.16. The number of rotatable bonds is 6. The normalized spacial score (nSPS) is 14.6. The topological polar surface area (TPSA) is 55.8 Å². The molecule has 1 aromatic rings. The molecule has 2 rings (SSSR count). The van der Waals surface area contributed by atoms with Gasteiger partial charge in [-0.3, -0.25) is 9.59 Å². The van der Waals surface area contributed by atoms with Gasteiger partial charge in [0.05, 0.1) is 13.7 Å². The zero-order valence-electron chi connectivity index (χ0n) is 10.9. The Morgan fingerprint density at radius 2 is 2.21 bits per heavy atom. The molecule has 0 saturated carbocycles. The summed E-state index contributed by atoms with van der Waals surface area (Å²) >= 11 is 0. The van der Waals surface area contributed by atoms with Crippen molar-refractivity contribution in [1.82, 2.24) is 4.90 Å². The van der Waals surface area contributed by atoms with Crippen molar-refractivity contribution >= 4 is 12.2 Å². The van der Waals surface area contributed by atoms with Crippen LogP contribution in [0.15, 0.2) is 18.2 Å². The molecule has 0 aliphatic carbocycles. The molecule has 0 radical (unpaired) electrons. The Morgan fingerprint density at radius 3 is 2.84 bits per heavy atom. The number of aldehydes is 1. The number of likely N-dealkylation sites (tertiary alicyclic amines) is 1. The van der Waals surface area contributed by atoms with Crippen LogP contribution in [0.3, 0.4) is 0 Å². The van der Waals surface area contributed by atoms with Crippen molar-refractivity contribution in [3.8, 4) is 11.5 Å². The Kier molecular flexibility index (Phi) is 4.39. The highest BCUT2D eigenvalue weighted by molar-refractivity contribution is 5.78. The molecule has 5 nitrogen and oxygen atoms in total. The molecule has 0 bridgehead atoms. The predicted octanol–water partition coefficient (Wildman–Crippen LogP) is 1.51. The molecule has 0 atom stereocenters. The maximum Gasteiger partial charge on any atom is 0.222 e. The molecule has 0 unspecified atom stereocenters. The van der Waals surface area contributed by atoms with Gasteiger partial charge in [0, 0.05) is 18.5 Å². The van der Waals surface area contributed by atoms with E-state index in [1.54, 1.807) is 23.1 Å². The van der Waals surface area contributed by atoms with Crippen molar-refractivity contribution in [1.29, 1.82) is 0 Å². The minimum atomic E-state index is 0.187. The summed E-state index contributed by atoms with van der Waals surface area (Å²) in [4.78, 5) is 23.9. The van der Waals surface area contributed by atoms with Gasteiger partial charge in [-0.25, -0.2) is 0 Å². The second-order valence-corrected chi connectivity index (χ2v) is 4.36. The standard InChI is InChI=1S/C14H17NO4/c1-18-13-9-11(10-16)4-5-12(13)19-8-7-15-6-2-3-14(15)17/h4-5,9-10H,2-3,6-8H2,1H3. The Labute approximate surface area is 112 Å². The number of benzene rings is 1. The number of carbonyl (C=O) groups excluding carboxylic acids is 2. The average Bonchev–Trinajstić information content (AvgIpc) is 2.84. The van der Waals surface area contributed by atoms with Crippen LogP contribution in [0.5, 0.6) is 11.5 Å². The second kappa shape index (κ2) is 6.22. The van der Waals surface area contributed by atoms with Crippen molar-refractivity contribution in [2.24, 2.45) is 0 Å². The van der Waals surface area contributed by atoms with E-state index in [1.807, 2.05) is 0 Å². The fourth-order valence-electron chi connectivity index (χ4n) is 2.08. The quantitative estimate of drug-likeness (QED) is 0.730. The zero-order valence-corrected chi connectivity index (χ0v) is 10.9. The van der Waals surface area contributed by atoms with Gasteiger partial charge in [-0.15, -0.1) is 0 Å². The maximum absolute atomic E-state index is 11.4. The average molecular weight is 263 g/mol. The van der Waals surface area contributed by atoms with Crippen molar-refractivity contribution < 1.29 is 19.1 Å². The fourth-order valence-corrected chi connectivity index (χ4v) is 2.08. The van der Waals surface area contributed by atoms with Crippen LogP contribution in [0.2, 0.25) is 0 Å². The summed E-state index contributed by atoms with van der Waals surface area (Å²) in [7, 11) is 1.53. The Hall–Kier alpha value is -2.04. The highest BCUT2D eigenvalue weighted by atomic mass is 16.5. The molecule has 0 aromatic heterocycles. The van der Waals surface area contributed by atoms with Gasteiger partial charge >= 0.3 is 0 Å². The van der Waals surface area contributed by atoms with Crippen LogP contribution < -0.4 is 9.47 Å². The first kappa shape index (κ1) is 13.4. The molecule has 1 aliphatic heterocycles. The van der Waals surface area contributed by atoms with E-state index in [0.717, 1.165) is 19.3 Å². The lowest BCUT2D eigenvalue weighted by Crippen LogP contribution is -2.29. The van der Waals surface area contributed by atoms with Gasteiger partial charge in [-0.2, -0.15) is 0 Å². The summed E-state index contributed by atoms with van der Waals surface area (Å²) < 4.78 is 10.8. The summed E-state index contributed by atoms with van der Waals surface area (Å²) in [6, 6.07) is 5.00. The molecule has 0 N–H and O–H groups in total. The number of hydrogen-bond donors (Lipinski definition) is 0. The van der Waals surface area contributed by atoms with E-state index >= 15 is 0 Å². The van der Waals surface area contributed by atoms with Crippen LogP contribution in [0.25, 0.3) is 0 Å². The van der Waals surface area contributed by atoms with E-state index in [4.69, 9.17) is 9.47 Å². The van der Waals surface area contributed by atoms with Crippen molar-refractivity contribution in [2.45, 2.75) is 12.8 Å². The van der Waals surface area contributed by atoms with Gasteiger partial charge in [0.15, 0.2) is 11.5 Å². The molecule has 1 saturated heterocycles. The van der Waals surface area contributed by atoms with Crippen LogP contribution in [0, 0.1) is 0 Å². The minimum absolute atomic E-state index is 0.187. The zero-order chi connectivity index (χ0) is 13.7. The van der Waals surface area contributed by atoms with Crippen LogP contribution in [-0.4, -0.2) is 43.9 Å². The van der Waals surface area contributed by atoms with Gasteiger partial charge in [-0.05, 0) is 24.6 Å². The predicted molar refractivity (Wildman–Crippen MR) is 69.7 cm³/mol. The molecule has 19 heavy (non-hydrogen) atoms. The van der Waals surface area contributed by atoms with E-state index in [2.05, 4.69) is 0 Å². The Balaban J connectivity index is 1.91. The highest BCUT2D eigenvalue weighted by Gasteiger charge is 2.19. The third-order valence-corrected chi connectivity index (χ3v) is 3.11. The Bertz CT molecular complexity index is 473. The monoisotopic (exact) mass is 263 g/mol. The van der Waals surface area contributed by atoms with E-state index in [-0.39, 0.29) is 5.91 Å². The van der Waals surface area contributed by atoms with Gasteiger partial charge in [-0.1, -0.05) is 0 Å². The van der Waals surface area contributed by atoms with Crippen molar-refractivity contribution in [3.63, 3.8) is 0 Å². The summed E-state index contributed by atoms with van der Waals surface area (Å²) in [5.74, 6) is 1.30. The fraction of sp³-hybridized carbons (Fsp3) is 0.429. The first-order valence-corrected chi connectivity index (χ1v) is 6.28. The van der Waals surface area contributed by atoms with Crippen LogP contribution in [0.4, 0.5) is 0 Å². The smallest absolute Gasteiger partial charge is 0.222 e. The maximum atomic E-state index is 11.4.